The van der Waals surface area contributed by atoms with Crippen LogP contribution in [0, 0.1) is 0 Å². The number of benzene rings is 2. The number of carboxylic acids is 1. The van der Waals surface area contributed by atoms with E-state index in [0.717, 1.165) is 18.2 Å². The highest BCUT2D eigenvalue weighted by molar-refractivity contribution is 7.92. The van der Waals surface area contributed by atoms with Crippen molar-refractivity contribution >= 4 is 56.5 Å². The topological polar surface area (TPSA) is 86.3 Å². The summed E-state index contributed by atoms with van der Waals surface area (Å²) < 4.78 is 26.9. The third-order valence-corrected chi connectivity index (χ3v) is 5.03. The van der Waals surface area contributed by atoms with Crippen molar-refractivity contribution in [3.8, 4) is 0 Å². The largest absolute Gasteiger partial charge is 0.545 e. The van der Waals surface area contributed by atoms with E-state index < -0.39 is 20.9 Å². The van der Waals surface area contributed by atoms with Crippen molar-refractivity contribution in [3.05, 3.63) is 57.0 Å². The molecule has 0 saturated heterocycles. The first-order chi connectivity index (χ1) is 10.2. The molecule has 22 heavy (non-hydrogen) atoms. The molecule has 0 aliphatic heterocycles. The first kappa shape index (κ1) is 16.9. The van der Waals surface area contributed by atoms with Crippen LogP contribution in [0.1, 0.15) is 10.4 Å². The van der Waals surface area contributed by atoms with Crippen LogP contribution in [0.4, 0.5) is 5.69 Å². The quantitative estimate of drug-likeness (QED) is 0.885. The molecule has 1 N–H and O–H groups in total. The molecular formula is C13H7Cl3NO4S-. The molecule has 0 spiro atoms. The summed E-state index contributed by atoms with van der Waals surface area (Å²) in [5.41, 5.74) is -0.229. The minimum Gasteiger partial charge on any atom is -0.545 e. The number of anilines is 1. The number of hydrogen-bond acceptors (Lipinski definition) is 4. The van der Waals surface area contributed by atoms with Gasteiger partial charge in [-0.05, 0) is 35.9 Å². The number of aromatic carboxylic acids is 1. The summed E-state index contributed by atoms with van der Waals surface area (Å²) in [6.45, 7) is 0. The standard InChI is InChI=1S/C13H8Cl3NO4S/c14-8-2-4-11(10(16)6-8)17-22(20,21)12-5-7(13(18)19)1-3-9(12)15/h1-6,17H,(H,18,19)/p-1. The predicted molar refractivity (Wildman–Crippen MR) is 83.1 cm³/mol. The van der Waals surface area contributed by atoms with Gasteiger partial charge in [0.15, 0.2) is 0 Å². The number of nitrogens with one attached hydrogen (secondary N) is 1. The van der Waals surface area contributed by atoms with E-state index in [1.165, 1.54) is 18.2 Å². The van der Waals surface area contributed by atoms with Crippen molar-refractivity contribution in [2.45, 2.75) is 4.90 Å². The maximum absolute atomic E-state index is 12.3. The van der Waals surface area contributed by atoms with E-state index in [1.807, 2.05) is 0 Å². The Morgan fingerprint density at radius 3 is 2.27 bits per heavy atom. The number of halogens is 3. The Balaban J connectivity index is 2.46. The summed E-state index contributed by atoms with van der Waals surface area (Å²) in [4.78, 5) is 10.4. The summed E-state index contributed by atoms with van der Waals surface area (Å²) in [6.07, 6.45) is 0. The van der Waals surface area contributed by atoms with Gasteiger partial charge in [0.2, 0.25) is 0 Å². The second-order valence-electron chi connectivity index (χ2n) is 4.16. The van der Waals surface area contributed by atoms with Crippen LogP contribution in [0.2, 0.25) is 15.1 Å². The van der Waals surface area contributed by atoms with Crippen LogP contribution in [0.5, 0.6) is 0 Å². The van der Waals surface area contributed by atoms with E-state index in [9.17, 15) is 18.3 Å². The van der Waals surface area contributed by atoms with E-state index in [1.54, 1.807) is 0 Å². The molecular weight excluding hydrogens is 373 g/mol. The number of carbonyl (C=O) groups is 1. The highest BCUT2D eigenvalue weighted by Crippen LogP contribution is 2.29. The van der Waals surface area contributed by atoms with E-state index in [4.69, 9.17) is 34.8 Å². The van der Waals surface area contributed by atoms with Crippen LogP contribution >= 0.6 is 34.8 Å². The highest BCUT2D eigenvalue weighted by atomic mass is 35.5. The second-order valence-corrected chi connectivity index (χ2v) is 7.06. The first-order valence-electron chi connectivity index (χ1n) is 5.69. The molecule has 2 aromatic carbocycles. The molecule has 0 saturated carbocycles. The molecule has 0 bridgehead atoms. The number of sulfonamides is 1. The van der Waals surface area contributed by atoms with Crippen molar-refractivity contribution < 1.29 is 18.3 Å². The molecule has 0 heterocycles. The lowest BCUT2D eigenvalue weighted by atomic mass is 10.2. The van der Waals surface area contributed by atoms with Crippen LogP contribution in [-0.4, -0.2) is 14.4 Å². The molecule has 0 atom stereocenters. The fraction of sp³-hybridized carbons (Fsp3) is 0. The number of hydrogen-bond donors (Lipinski definition) is 1. The van der Waals surface area contributed by atoms with E-state index >= 15 is 0 Å². The van der Waals surface area contributed by atoms with Gasteiger partial charge in [-0.2, -0.15) is 0 Å². The van der Waals surface area contributed by atoms with Gasteiger partial charge in [0, 0.05) is 5.02 Å². The zero-order valence-corrected chi connectivity index (χ0v) is 13.7. The second kappa shape index (κ2) is 6.34. The summed E-state index contributed by atoms with van der Waals surface area (Å²) in [6, 6.07) is 7.39. The monoisotopic (exact) mass is 378 g/mol. The third-order valence-electron chi connectivity index (χ3n) is 2.63. The van der Waals surface area contributed by atoms with Gasteiger partial charge in [-0.25, -0.2) is 8.42 Å². The average molecular weight is 380 g/mol. The number of carboxylic acid groups (broad SMARTS) is 1. The van der Waals surface area contributed by atoms with Gasteiger partial charge in [0.1, 0.15) is 4.90 Å². The Morgan fingerprint density at radius 1 is 1.00 bits per heavy atom. The lowest BCUT2D eigenvalue weighted by Gasteiger charge is -2.12. The lowest BCUT2D eigenvalue weighted by Crippen LogP contribution is -2.23. The predicted octanol–water partition coefficient (Wildman–Crippen LogP) is 2.81. The Morgan fingerprint density at radius 2 is 1.68 bits per heavy atom. The fourth-order valence-electron chi connectivity index (χ4n) is 1.61. The molecule has 0 unspecified atom stereocenters. The minimum absolute atomic E-state index is 0.0842. The molecule has 0 radical (unpaired) electrons. The summed E-state index contributed by atoms with van der Waals surface area (Å²) in [5.74, 6) is -1.52. The van der Waals surface area contributed by atoms with Gasteiger partial charge in [0.05, 0.1) is 21.7 Å². The number of carbonyl (C=O) groups excluding carboxylic acids is 1. The molecule has 116 valence electrons. The molecule has 5 nitrogen and oxygen atoms in total. The molecule has 0 fully saturated rings. The van der Waals surface area contributed by atoms with Gasteiger partial charge >= 0.3 is 0 Å². The van der Waals surface area contributed by atoms with Crippen molar-refractivity contribution in [2.24, 2.45) is 0 Å². The lowest BCUT2D eigenvalue weighted by molar-refractivity contribution is -0.255. The fourth-order valence-corrected chi connectivity index (χ4v) is 3.73. The maximum atomic E-state index is 12.3. The van der Waals surface area contributed by atoms with Crippen LogP contribution in [0.25, 0.3) is 0 Å². The Labute approximate surface area is 141 Å². The van der Waals surface area contributed by atoms with Crippen LogP contribution < -0.4 is 9.83 Å². The maximum Gasteiger partial charge on any atom is 0.263 e. The molecule has 0 aliphatic rings. The summed E-state index contributed by atoms with van der Waals surface area (Å²) in [5, 5.41) is 11.1. The third kappa shape index (κ3) is 3.64. The highest BCUT2D eigenvalue weighted by Gasteiger charge is 2.20. The molecule has 9 heteroatoms. The van der Waals surface area contributed by atoms with Gasteiger partial charge < -0.3 is 9.90 Å². The molecule has 0 amide bonds. The molecule has 2 rings (SSSR count). The van der Waals surface area contributed by atoms with Crippen molar-refractivity contribution in [2.75, 3.05) is 4.72 Å². The van der Waals surface area contributed by atoms with Gasteiger partial charge in [0.25, 0.3) is 10.0 Å². The smallest absolute Gasteiger partial charge is 0.263 e. The minimum atomic E-state index is -4.14. The van der Waals surface area contributed by atoms with Gasteiger partial charge in [-0.1, -0.05) is 40.9 Å². The van der Waals surface area contributed by atoms with Gasteiger partial charge in [-0.3, -0.25) is 4.72 Å². The van der Waals surface area contributed by atoms with Crippen molar-refractivity contribution in [3.63, 3.8) is 0 Å². The van der Waals surface area contributed by atoms with Crippen molar-refractivity contribution in [1.82, 2.24) is 0 Å². The SMILES string of the molecule is O=C([O-])c1ccc(Cl)c(S(=O)(=O)Nc2ccc(Cl)cc2Cl)c1. The molecule has 2 aromatic rings. The van der Waals surface area contributed by atoms with Gasteiger partial charge in [-0.15, -0.1) is 0 Å². The first-order valence-corrected chi connectivity index (χ1v) is 8.31. The molecule has 0 aliphatic carbocycles. The van der Waals surface area contributed by atoms with E-state index in [-0.39, 0.29) is 21.3 Å². The Kier molecular flexibility index (Phi) is 4.87. The van der Waals surface area contributed by atoms with Crippen LogP contribution in [0.3, 0.4) is 0 Å². The number of rotatable bonds is 4. The zero-order valence-electron chi connectivity index (χ0n) is 10.6. The normalized spacial score (nSPS) is 11.2. The average Bonchev–Trinajstić information content (AvgIpc) is 2.42. The summed E-state index contributed by atoms with van der Waals surface area (Å²) >= 11 is 17.5. The van der Waals surface area contributed by atoms with E-state index in [2.05, 4.69) is 4.72 Å². The Hall–Kier alpha value is -1.47. The molecule has 0 aromatic heterocycles. The zero-order chi connectivity index (χ0) is 16.5. The van der Waals surface area contributed by atoms with Crippen molar-refractivity contribution in [1.29, 1.82) is 0 Å². The van der Waals surface area contributed by atoms with E-state index in [0.29, 0.717) is 5.02 Å². The van der Waals surface area contributed by atoms with Crippen LogP contribution in [0.15, 0.2) is 41.3 Å². The Bertz CT molecular complexity index is 852. The summed E-state index contributed by atoms with van der Waals surface area (Å²) in [7, 11) is -4.14. The van der Waals surface area contributed by atoms with Crippen LogP contribution in [-0.2, 0) is 10.0 Å².